The van der Waals surface area contributed by atoms with Crippen molar-refractivity contribution < 1.29 is 14.7 Å². The van der Waals surface area contributed by atoms with E-state index in [-0.39, 0.29) is 12.3 Å². The van der Waals surface area contributed by atoms with E-state index in [1.165, 1.54) is 0 Å². The average Bonchev–Trinajstić information content (AvgIpc) is 2.35. The zero-order valence-electron chi connectivity index (χ0n) is 10.3. The van der Waals surface area contributed by atoms with Gasteiger partial charge in [0.2, 0.25) is 5.91 Å². The molecule has 1 aromatic carbocycles. The molecule has 1 amide bonds. The normalized spacial score (nSPS) is 11.8. The molecule has 98 valence electrons. The minimum atomic E-state index is -1.01. The van der Waals surface area contributed by atoms with E-state index in [2.05, 4.69) is 10.6 Å². The van der Waals surface area contributed by atoms with Crippen molar-refractivity contribution in [3.05, 3.63) is 30.3 Å². The molecular formula is C13H18N2O3. The lowest BCUT2D eigenvalue weighted by molar-refractivity contribution is -0.141. The molecule has 0 aliphatic heterocycles. The van der Waals surface area contributed by atoms with Gasteiger partial charge in [-0.15, -0.1) is 0 Å². The lowest BCUT2D eigenvalue weighted by atomic mass is 10.2. The minimum absolute atomic E-state index is 0.0791. The van der Waals surface area contributed by atoms with Gasteiger partial charge in [-0.1, -0.05) is 25.1 Å². The molecule has 5 heteroatoms. The molecule has 0 radical (unpaired) electrons. The molecule has 0 aromatic heterocycles. The molecule has 1 atom stereocenters. The maximum absolute atomic E-state index is 11.7. The molecule has 0 aliphatic carbocycles. The molecule has 0 bridgehead atoms. The van der Waals surface area contributed by atoms with Crippen LogP contribution in [0.5, 0.6) is 0 Å². The Morgan fingerprint density at radius 1 is 1.28 bits per heavy atom. The van der Waals surface area contributed by atoms with Gasteiger partial charge in [-0.05, 0) is 25.1 Å². The molecular weight excluding hydrogens is 232 g/mol. The second-order valence-electron chi connectivity index (χ2n) is 3.96. The van der Waals surface area contributed by atoms with Crippen LogP contribution in [-0.4, -0.2) is 29.6 Å². The SMILES string of the molecule is CCCNC(CC(=O)Nc1ccccc1)C(=O)O. The van der Waals surface area contributed by atoms with E-state index in [4.69, 9.17) is 5.11 Å². The number of rotatable bonds is 7. The topological polar surface area (TPSA) is 78.4 Å². The van der Waals surface area contributed by atoms with Gasteiger partial charge in [0.05, 0.1) is 6.42 Å². The number of benzene rings is 1. The van der Waals surface area contributed by atoms with Crippen LogP contribution in [0.4, 0.5) is 5.69 Å². The zero-order valence-corrected chi connectivity index (χ0v) is 10.3. The number of hydrogen-bond donors (Lipinski definition) is 3. The van der Waals surface area contributed by atoms with Gasteiger partial charge < -0.3 is 15.7 Å². The molecule has 1 rings (SSSR count). The highest BCUT2D eigenvalue weighted by atomic mass is 16.4. The number of carbonyl (C=O) groups is 2. The van der Waals surface area contributed by atoms with Crippen LogP contribution < -0.4 is 10.6 Å². The quantitative estimate of drug-likeness (QED) is 0.684. The fourth-order valence-corrected chi connectivity index (χ4v) is 1.48. The lowest BCUT2D eigenvalue weighted by Gasteiger charge is -2.13. The summed E-state index contributed by atoms with van der Waals surface area (Å²) in [5.74, 6) is -1.32. The first kappa shape index (κ1) is 14.2. The zero-order chi connectivity index (χ0) is 13.4. The number of carboxylic acids is 1. The number of nitrogens with one attached hydrogen (secondary N) is 2. The number of aliphatic carboxylic acids is 1. The third-order valence-corrected chi connectivity index (χ3v) is 2.39. The van der Waals surface area contributed by atoms with Crippen LogP contribution in [0.2, 0.25) is 0 Å². The summed E-state index contributed by atoms with van der Waals surface area (Å²) in [4.78, 5) is 22.6. The Morgan fingerprint density at radius 2 is 1.94 bits per heavy atom. The highest BCUT2D eigenvalue weighted by molar-refractivity contribution is 5.93. The predicted octanol–water partition coefficient (Wildman–Crippen LogP) is 1.47. The predicted molar refractivity (Wildman–Crippen MR) is 69.4 cm³/mol. The van der Waals surface area contributed by atoms with Crippen molar-refractivity contribution in [2.24, 2.45) is 0 Å². The second-order valence-corrected chi connectivity index (χ2v) is 3.96. The van der Waals surface area contributed by atoms with Gasteiger partial charge >= 0.3 is 5.97 Å². The Balaban J connectivity index is 2.48. The lowest BCUT2D eigenvalue weighted by Crippen LogP contribution is -2.40. The first-order valence-corrected chi connectivity index (χ1v) is 5.94. The molecule has 18 heavy (non-hydrogen) atoms. The third-order valence-electron chi connectivity index (χ3n) is 2.39. The monoisotopic (exact) mass is 250 g/mol. The van der Waals surface area contributed by atoms with E-state index in [1.807, 2.05) is 13.0 Å². The Hall–Kier alpha value is -1.88. The molecule has 0 saturated carbocycles. The van der Waals surface area contributed by atoms with Gasteiger partial charge in [0.15, 0.2) is 0 Å². The van der Waals surface area contributed by atoms with Crippen LogP contribution in [0.25, 0.3) is 0 Å². The summed E-state index contributed by atoms with van der Waals surface area (Å²) in [6.07, 6.45) is 0.744. The van der Waals surface area contributed by atoms with E-state index in [1.54, 1.807) is 24.3 Å². The van der Waals surface area contributed by atoms with Crippen molar-refractivity contribution in [3.63, 3.8) is 0 Å². The van der Waals surface area contributed by atoms with Crippen LogP contribution >= 0.6 is 0 Å². The Labute approximate surface area is 106 Å². The summed E-state index contributed by atoms with van der Waals surface area (Å²) in [7, 11) is 0. The molecule has 0 spiro atoms. The highest BCUT2D eigenvalue weighted by Gasteiger charge is 2.20. The van der Waals surface area contributed by atoms with Gasteiger partial charge in [0, 0.05) is 5.69 Å². The first-order chi connectivity index (χ1) is 8.63. The second kappa shape index (κ2) is 7.45. The van der Waals surface area contributed by atoms with Crippen LogP contribution in [0.1, 0.15) is 19.8 Å². The molecule has 0 aliphatic rings. The Kier molecular flexibility index (Phi) is 5.87. The van der Waals surface area contributed by atoms with E-state index < -0.39 is 12.0 Å². The number of carboxylic acid groups (broad SMARTS) is 1. The first-order valence-electron chi connectivity index (χ1n) is 5.94. The minimum Gasteiger partial charge on any atom is -0.480 e. The van der Waals surface area contributed by atoms with Gasteiger partial charge in [0.1, 0.15) is 6.04 Å². The van der Waals surface area contributed by atoms with Gasteiger partial charge in [0.25, 0.3) is 0 Å². The van der Waals surface area contributed by atoms with Gasteiger partial charge in [-0.25, -0.2) is 0 Å². The fraction of sp³-hybridized carbons (Fsp3) is 0.385. The smallest absolute Gasteiger partial charge is 0.321 e. The fourth-order valence-electron chi connectivity index (χ4n) is 1.48. The van der Waals surface area contributed by atoms with Crippen LogP contribution in [0.15, 0.2) is 30.3 Å². The summed E-state index contributed by atoms with van der Waals surface area (Å²) in [6, 6.07) is 8.13. The van der Waals surface area contributed by atoms with Crippen LogP contribution in [0, 0.1) is 0 Å². The summed E-state index contributed by atoms with van der Waals surface area (Å²) >= 11 is 0. The number of amides is 1. The third kappa shape index (κ3) is 4.97. The molecule has 5 nitrogen and oxygen atoms in total. The maximum Gasteiger partial charge on any atom is 0.321 e. The number of carbonyl (C=O) groups excluding carboxylic acids is 1. The molecule has 1 unspecified atom stereocenters. The Morgan fingerprint density at radius 3 is 2.50 bits per heavy atom. The Bertz CT molecular complexity index is 392. The van der Waals surface area contributed by atoms with Crippen LogP contribution in [0.3, 0.4) is 0 Å². The average molecular weight is 250 g/mol. The van der Waals surface area contributed by atoms with Crippen molar-refractivity contribution in [3.8, 4) is 0 Å². The van der Waals surface area contributed by atoms with Crippen molar-refractivity contribution in [2.75, 3.05) is 11.9 Å². The molecule has 0 fully saturated rings. The summed E-state index contributed by atoms with van der Waals surface area (Å²) in [5.41, 5.74) is 0.669. The van der Waals surface area contributed by atoms with Gasteiger partial charge in [-0.3, -0.25) is 9.59 Å². The number of hydrogen-bond acceptors (Lipinski definition) is 3. The standard InChI is InChI=1S/C13H18N2O3/c1-2-8-14-11(13(17)18)9-12(16)15-10-6-4-3-5-7-10/h3-7,11,14H,2,8-9H2,1H3,(H,15,16)(H,17,18). The molecule has 0 heterocycles. The summed E-state index contributed by atoms with van der Waals surface area (Å²) in [6.45, 7) is 2.52. The van der Waals surface area contributed by atoms with E-state index in [0.29, 0.717) is 12.2 Å². The van der Waals surface area contributed by atoms with Crippen molar-refractivity contribution in [1.82, 2.24) is 5.32 Å². The summed E-state index contributed by atoms with van der Waals surface area (Å²) in [5, 5.41) is 14.5. The van der Waals surface area contributed by atoms with Gasteiger partial charge in [-0.2, -0.15) is 0 Å². The van der Waals surface area contributed by atoms with Crippen molar-refractivity contribution >= 4 is 17.6 Å². The molecule has 0 saturated heterocycles. The number of anilines is 1. The van der Waals surface area contributed by atoms with E-state index in [0.717, 1.165) is 6.42 Å². The molecule has 3 N–H and O–H groups in total. The summed E-state index contributed by atoms with van der Waals surface area (Å²) < 4.78 is 0. The van der Waals surface area contributed by atoms with E-state index in [9.17, 15) is 9.59 Å². The maximum atomic E-state index is 11.7. The number of para-hydroxylation sites is 1. The van der Waals surface area contributed by atoms with Crippen LogP contribution in [-0.2, 0) is 9.59 Å². The highest BCUT2D eigenvalue weighted by Crippen LogP contribution is 2.06. The van der Waals surface area contributed by atoms with Crippen molar-refractivity contribution in [1.29, 1.82) is 0 Å². The largest absolute Gasteiger partial charge is 0.480 e. The van der Waals surface area contributed by atoms with E-state index >= 15 is 0 Å². The van der Waals surface area contributed by atoms with Crippen molar-refractivity contribution in [2.45, 2.75) is 25.8 Å². The molecule has 1 aromatic rings.